The molecule has 1 unspecified atom stereocenters. The van der Waals surface area contributed by atoms with Crippen molar-refractivity contribution >= 4 is 34.8 Å². The summed E-state index contributed by atoms with van der Waals surface area (Å²) in [5.74, 6) is 0.292. The quantitative estimate of drug-likeness (QED) is 0.159. The molecule has 2 amide bonds. The second kappa shape index (κ2) is 13.4. The Morgan fingerprint density at radius 2 is 1.86 bits per heavy atom. The summed E-state index contributed by atoms with van der Waals surface area (Å²) in [5.41, 5.74) is 12.9. The molecule has 0 spiro atoms. The number of nitrogens with zero attached hydrogens (tertiary/aromatic N) is 2. The number of fused-ring (bicyclic) bond motifs is 1. The van der Waals surface area contributed by atoms with Crippen LogP contribution in [-0.2, 0) is 24.2 Å². The van der Waals surface area contributed by atoms with Crippen molar-refractivity contribution in [2.24, 2.45) is 5.73 Å². The molecule has 11 heteroatoms. The molecule has 2 aromatic heterocycles. The second-order valence-electron chi connectivity index (χ2n) is 10.6. The Kier molecular flexibility index (Phi) is 9.02. The van der Waals surface area contributed by atoms with E-state index in [0.29, 0.717) is 29.5 Å². The van der Waals surface area contributed by atoms with Gasteiger partial charge in [0.05, 0.1) is 29.1 Å². The van der Waals surface area contributed by atoms with E-state index in [0.717, 1.165) is 45.9 Å². The first-order valence-electron chi connectivity index (χ1n) is 14.3. The van der Waals surface area contributed by atoms with Gasteiger partial charge in [0, 0.05) is 54.0 Å². The monoisotopic (exact) mass is 626 g/mol. The van der Waals surface area contributed by atoms with Gasteiger partial charge in [-0.2, -0.15) is 0 Å². The van der Waals surface area contributed by atoms with Gasteiger partial charge in [-0.05, 0) is 34.9 Å². The van der Waals surface area contributed by atoms with E-state index in [1.54, 1.807) is 41.7 Å². The number of carbonyl (C=O) groups is 2. The van der Waals surface area contributed by atoms with E-state index in [1.807, 2.05) is 30.0 Å². The maximum atomic E-state index is 13.3. The van der Waals surface area contributed by atoms with Gasteiger partial charge < -0.3 is 26.1 Å². The molecule has 224 valence electrons. The van der Waals surface area contributed by atoms with Gasteiger partial charge in [0.25, 0.3) is 5.91 Å². The van der Waals surface area contributed by atoms with Crippen molar-refractivity contribution in [2.45, 2.75) is 37.9 Å². The van der Waals surface area contributed by atoms with Gasteiger partial charge in [0.2, 0.25) is 5.91 Å². The minimum absolute atomic E-state index is 0.0414. The van der Waals surface area contributed by atoms with E-state index >= 15 is 0 Å². The summed E-state index contributed by atoms with van der Waals surface area (Å²) in [6.07, 6.45) is 5.48. The Morgan fingerprint density at radius 1 is 1.07 bits per heavy atom. The van der Waals surface area contributed by atoms with Crippen LogP contribution in [0.1, 0.15) is 51.0 Å². The number of primary amides is 1. The molecule has 0 radical (unpaired) electrons. The molecule has 0 fully saturated rings. The summed E-state index contributed by atoms with van der Waals surface area (Å²) in [6, 6.07) is 20.1. The maximum absolute atomic E-state index is 13.3. The highest BCUT2D eigenvalue weighted by molar-refractivity contribution is 7.13. The molecule has 5 aromatic rings. The molecule has 44 heavy (non-hydrogen) atoms. The lowest BCUT2D eigenvalue weighted by Crippen LogP contribution is -2.46. The van der Waals surface area contributed by atoms with Crippen molar-refractivity contribution in [3.8, 4) is 16.2 Å². The van der Waals surface area contributed by atoms with E-state index < -0.39 is 17.9 Å². The standard InChI is InChI=1S/C33H31ClN6O3S/c34-23-10-6-21(7-11-23)15-28(32(35)41)40-33(42)26-3-1-2-25-27(12-13-43-31(25)26)37-18-30-38-16-24(39-30)14-20-4-8-22(9-5-20)29-17-36-19-44-29/h1-11,16-17,19,27-28,37H,12-15,18H2,(H2,35,41)(H,38,39)(H,40,42)/t27?,28-/m0/s1. The molecule has 6 rings (SSSR count). The molecule has 1 aliphatic rings. The molecule has 2 atom stereocenters. The number of H-pyrrole nitrogens is 1. The van der Waals surface area contributed by atoms with Gasteiger partial charge in [0.1, 0.15) is 17.6 Å². The first kappa shape index (κ1) is 29.6. The van der Waals surface area contributed by atoms with E-state index in [1.165, 1.54) is 5.56 Å². The molecule has 0 bridgehead atoms. The molecular weight excluding hydrogens is 596 g/mol. The number of benzene rings is 3. The SMILES string of the molecule is NC(=O)[C@H](Cc1ccc(Cl)cc1)NC(=O)c1cccc2c1OCCC2NCc1ncc(Cc2ccc(-c3cncs3)cc2)[nH]1. The number of para-hydroxylation sites is 1. The van der Waals surface area contributed by atoms with Crippen LogP contribution in [0.4, 0.5) is 0 Å². The highest BCUT2D eigenvalue weighted by Gasteiger charge is 2.28. The van der Waals surface area contributed by atoms with Gasteiger partial charge in [-0.15, -0.1) is 11.3 Å². The van der Waals surface area contributed by atoms with Crippen LogP contribution in [0.15, 0.2) is 84.6 Å². The summed E-state index contributed by atoms with van der Waals surface area (Å²) >= 11 is 7.60. The number of aromatic amines is 1. The van der Waals surface area contributed by atoms with Crippen molar-refractivity contribution in [1.82, 2.24) is 25.6 Å². The van der Waals surface area contributed by atoms with Crippen LogP contribution in [-0.4, -0.2) is 39.4 Å². The lowest BCUT2D eigenvalue weighted by Gasteiger charge is -2.28. The van der Waals surface area contributed by atoms with Gasteiger partial charge in [0.15, 0.2) is 0 Å². The average Bonchev–Trinajstić information content (AvgIpc) is 3.74. The Balaban J connectivity index is 1.08. The van der Waals surface area contributed by atoms with Gasteiger partial charge >= 0.3 is 0 Å². The second-order valence-corrected chi connectivity index (χ2v) is 12.0. The van der Waals surface area contributed by atoms with Crippen LogP contribution >= 0.6 is 22.9 Å². The Hall–Kier alpha value is -4.51. The lowest BCUT2D eigenvalue weighted by molar-refractivity contribution is -0.119. The maximum Gasteiger partial charge on any atom is 0.255 e. The number of halogens is 1. The molecule has 5 N–H and O–H groups in total. The third kappa shape index (κ3) is 6.99. The third-order valence-electron chi connectivity index (χ3n) is 7.58. The van der Waals surface area contributed by atoms with Crippen molar-refractivity contribution in [2.75, 3.05) is 6.61 Å². The van der Waals surface area contributed by atoms with Crippen molar-refractivity contribution in [1.29, 1.82) is 0 Å². The summed E-state index contributed by atoms with van der Waals surface area (Å²) in [5, 5.41) is 6.94. The van der Waals surface area contributed by atoms with Crippen LogP contribution in [0.25, 0.3) is 10.4 Å². The lowest BCUT2D eigenvalue weighted by atomic mass is 9.96. The number of nitrogens with one attached hydrogen (secondary N) is 3. The van der Waals surface area contributed by atoms with Crippen molar-refractivity contribution in [3.63, 3.8) is 0 Å². The smallest absolute Gasteiger partial charge is 0.255 e. The van der Waals surface area contributed by atoms with E-state index in [9.17, 15) is 9.59 Å². The molecule has 0 aliphatic carbocycles. The predicted octanol–water partition coefficient (Wildman–Crippen LogP) is 5.22. The topological polar surface area (TPSA) is 135 Å². The summed E-state index contributed by atoms with van der Waals surface area (Å²) in [6.45, 7) is 0.968. The number of nitrogens with two attached hydrogens (primary N) is 1. The number of aromatic nitrogens is 3. The number of carbonyl (C=O) groups excluding carboxylic acids is 2. The fraction of sp³-hybridized carbons (Fsp3) is 0.212. The minimum Gasteiger partial charge on any atom is -0.492 e. The molecule has 1 aliphatic heterocycles. The van der Waals surface area contributed by atoms with Gasteiger partial charge in [-0.25, -0.2) is 4.98 Å². The molecule has 9 nitrogen and oxygen atoms in total. The van der Waals surface area contributed by atoms with Crippen molar-refractivity contribution in [3.05, 3.63) is 123 Å². The molecule has 0 saturated carbocycles. The predicted molar refractivity (Wildman–Crippen MR) is 171 cm³/mol. The largest absolute Gasteiger partial charge is 0.492 e. The first-order valence-corrected chi connectivity index (χ1v) is 15.5. The Bertz CT molecular complexity index is 1740. The fourth-order valence-corrected chi connectivity index (χ4v) is 6.06. The van der Waals surface area contributed by atoms with Crippen LogP contribution < -0.4 is 21.1 Å². The number of hydrogen-bond acceptors (Lipinski definition) is 7. The summed E-state index contributed by atoms with van der Waals surface area (Å²) in [7, 11) is 0. The number of hydrogen-bond donors (Lipinski definition) is 4. The van der Waals surface area contributed by atoms with E-state index in [4.69, 9.17) is 22.1 Å². The summed E-state index contributed by atoms with van der Waals surface area (Å²) in [4.78, 5) is 38.8. The molecule has 0 saturated heterocycles. The number of amides is 2. The third-order valence-corrected chi connectivity index (χ3v) is 8.66. The normalized spacial score (nSPS) is 14.8. The van der Waals surface area contributed by atoms with Gasteiger partial charge in [-0.1, -0.05) is 60.1 Å². The van der Waals surface area contributed by atoms with Crippen LogP contribution in [0.2, 0.25) is 5.02 Å². The first-order chi connectivity index (χ1) is 21.4. The fourth-order valence-electron chi connectivity index (χ4n) is 5.30. The summed E-state index contributed by atoms with van der Waals surface area (Å²) < 4.78 is 5.98. The Labute approximate surface area is 263 Å². The molecule has 3 heterocycles. The number of ether oxygens (including phenoxy) is 1. The number of rotatable bonds is 11. The van der Waals surface area contributed by atoms with E-state index in [2.05, 4.69) is 49.9 Å². The zero-order valence-corrected chi connectivity index (χ0v) is 25.3. The highest BCUT2D eigenvalue weighted by Crippen LogP contribution is 2.35. The van der Waals surface area contributed by atoms with Crippen LogP contribution in [0, 0.1) is 0 Å². The zero-order chi connectivity index (χ0) is 30.5. The van der Waals surface area contributed by atoms with Crippen LogP contribution in [0.3, 0.4) is 0 Å². The highest BCUT2D eigenvalue weighted by atomic mass is 35.5. The average molecular weight is 627 g/mol. The Morgan fingerprint density at radius 3 is 2.61 bits per heavy atom. The molecule has 3 aromatic carbocycles. The number of thiazole rings is 1. The van der Waals surface area contributed by atoms with Crippen molar-refractivity contribution < 1.29 is 14.3 Å². The molecular formula is C33H31ClN6O3S. The number of imidazole rings is 1. The zero-order valence-electron chi connectivity index (χ0n) is 23.8. The minimum atomic E-state index is -0.888. The van der Waals surface area contributed by atoms with Crippen LogP contribution in [0.5, 0.6) is 5.75 Å². The van der Waals surface area contributed by atoms with Gasteiger partial charge in [-0.3, -0.25) is 14.6 Å². The van der Waals surface area contributed by atoms with E-state index in [-0.39, 0.29) is 12.5 Å².